The van der Waals surface area contributed by atoms with Crippen LogP contribution in [0.4, 0.5) is 0 Å². The maximum Gasteiger partial charge on any atom is 0.242 e. The van der Waals surface area contributed by atoms with Crippen molar-refractivity contribution in [3.8, 4) is 0 Å². The molecule has 0 unspecified atom stereocenters. The lowest BCUT2D eigenvalue weighted by Crippen LogP contribution is -2.33. The van der Waals surface area contributed by atoms with E-state index in [9.17, 15) is 9.59 Å². The quantitative estimate of drug-likeness (QED) is 0.438. The van der Waals surface area contributed by atoms with E-state index in [1.807, 2.05) is 77.1 Å². The van der Waals surface area contributed by atoms with Crippen LogP contribution in [0.15, 0.2) is 65.5 Å². The van der Waals surface area contributed by atoms with Gasteiger partial charge in [-0.2, -0.15) is 0 Å². The fraction of sp³-hybridized carbons (Fsp3) is 0.182. The number of carbonyl (C=O) groups excluding carboxylic acids is 1. The van der Waals surface area contributed by atoms with Crippen LogP contribution in [0.5, 0.6) is 0 Å². The summed E-state index contributed by atoms with van der Waals surface area (Å²) in [6.45, 7) is 3.27. The highest BCUT2D eigenvalue weighted by Crippen LogP contribution is 2.23. The van der Waals surface area contributed by atoms with E-state index >= 15 is 0 Å². The number of pyridine rings is 1. The molecule has 1 amide bonds. The predicted octanol–water partition coefficient (Wildman–Crippen LogP) is 4.92. The number of amides is 1. The Kier molecular flexibility index (Phi) is 5.20. The Balaban J connectivity index is 1.76. The van der Waals surface area contributed by atoms with E-state index in [2.05, 4.69) is 0 Å². The van der Waals surface area contributed by atoms with E-state index in [-0.39, 0.29) is 17.9 Å². The van der Waals surface area contributed by atoms with Gasteiger partial charge in [0.2, 0.25) is 5.91 Å². The first kappa shape index (κ1) is 18.7. The van der Waals surface area contributed by atoms with Gasteiger partial charge in [-0.05, 0) is 43.3 Å². The summed E-state index contributed by atoms with van der Waals surface area (Å²) >= 11 is 7.51. The van der Waals surface area contributed by atoms with Gasteiger partial charge in [0.25, 0.3) is 0 Å². The summed E-state index contributed by atoms with van der Waals surface area (Å²) in [5.74, 6) is 0.00553. The Bertz CT molecular complexity index is 1170. The van der Waals surface area contributed by atoms with Crippen molar-refractivity contribution in [2.75, 3.05) is 6.54 Å². The Labute approximate surface area is 171 Å². The van der Waals surface area contributed by atoms with Gasteiger partial charge in [0.05, 0.1) is 21.9 Å². The molecule has 0 N–H and O–H groups in total. The van der Waals surface area contributed by atoms with Crippen molar-refractivity contribution in [2.45, 2.75) is 20.0 Å². The summed E-state index contributed by atoms with van der Waals surface area (Å²) in [6, 6.07) is 18.7. The molecule has 0 fully saturated rings. The van der Waals surface area contributed by atoms with Gasteiger partial charge < -0.3 is 9.47 Å². The maximum atomic E-state index is 13.1. The fourth-order valence-electron chi connectivity index (χ4n) is 3.48. The number of hydrogen-bond donors (Lipinski definition) is 0. The molecule has 4 rings (SSSR count). The van der Waals surface area contributed by atoms with Crippen molar-refractivity contribution in [3.05, 3.63) is 80.1 Å². The number of para-hydroxylation sites is 2. The summed E-state index contributed by atoms with van der Waals surface area (Å²) in [4.78, 5) is 28.8. The summed E-state index contributed by atoms with van der Waals surface area (Å²) < 4.78 is 2.66. The van der Waals surface area contributed by atoms with Crippen molar-refractivity contribution in [3.63, 3.8) is 0 Å². The molecule has 142 valence electrons. The average molecular weight is 411 g/mol. The monoisotopic (exact) mass is 410 g/mol. The molecule has 0 radical (unpaired) electrons. The second kappa shape index (κ2) is 7.78. The van der Waals surface area contributed by atoms with Crippen molar-refractivity contribution >= 4 is 50.7 Å². The number of fused-ring (bicyclic) bond motifs is 2. The predicted molar refractivity (Wildman–Crippen MR) is 116 cm³/mol. The molecule has 0 spiro atoms. The van der Waals surface area contributed by atoms with Gasteiger partial charge >= 0.3 is 0 Å². The number of carbonyl (C=O) groups is 1. The lowest BCUT2D eigenvalue weighted by atomic mass is 10.1. The van der Waals surface area contributed by atoms with Crippen LogP contribution in [0.1, 0.15) is 11.8 Å². The van der Waals surface area contributed by atoms with Gasteiger partial charge in [-0.25, -0.2) is 0 Å². The highest BCUT2D eigenvalue weighted by atomic mass is 35.5. The van der Waals surface area contributed by atoms with E-state index in [0.29, 0.717) is 23.9 Å². The van der Waals surface area contributed by atoms with Crippen LogP contribution in [0.25, 0.3) is 21.8 Å². The van der Waals surface area contributed by atoms with Gasteiger partial charge in [-0.1, -0.05) is 35.9 Å². The zero-order valence-corrected chi connectivity index (χ0v) is 17.0. The molecule has 4 nitrogen and oxygen atoms in total. The van der Waals surface area contributed by atoms with E-state index in [1.165, 1.54) is 11.3 Å². The first-order valence-electron chi connectivity index (χ1n) is 9.10. The minimum atomic E-state index is -0.00419. The molecule has 0 aliphatic rings. The van der Waals surface area contributed by atoms with E-state index in [4.69, 9.17) is 11.6 Å². The molecular formula is C22H19ClN2O2S. The summed E-state index contributed by atoms with van der Waals surface area (Å²) in [5, 5.41) is 1.25. The van der Waals surface area contributed by atoms with Crippen LogP contribution in [0.3, 0.4) is 0 Å². The highest BCUT2D eigenvalue weighted by molar-refractivity contribution is 7.16. The molecule has 0 aliphatic carbocycles. The van der Waals surface area contributed by atoms with Crippen molar-refractivity contribution < 1.29 is 4.79 Å². The Morgan fingerprint density at radius 1 is 1.00 bits per heavy atom. The van der Waals surface area contributed by atoms with Crippen molar-refractivity contribution in [1.82, 2.24) is 9.47 Å². The second-order valence-corrected chi connectivity index (χ2v) is 8.36. The minimum absolute atomic E-state index is 0.00419. The highest BCUT2D eigenvalue weighted by Gasteiger charge is 2.17. The molecule has 6 heteroatoms. The third-order valence-electron chi connectivity index (χ3n) is 4.88. The molecular weight excluding hydrogens is 392 g/mol. The van der Waals surface area contributed by atoms with Crippen LogP contribution >= 0.6 is 22.9 Å². The third kappa shape index (κ3) is 3.43. The summed E-state index contributed by atoms with van der Waals surface area (Å²) in [6.07, 6.45) is 0. The second-order valence-electron chi connectivity index (χ2n) is 6.56. The van der Waals surface area contributed by atoms with E-state index in [0.717, 1.165) is 20.2 Å². The topological polar surface area (TPSA) is 42.3 Å². The number of likely N-dealkylation sites (N-methyl/N-ethyl adjacent to an activating group) is 1. The van der Waals surface area contributed by atoms with Gasteiger partial charge in [0.15, 0.2) is 5.43 Å². The third-order valence-corrected chi connectivity index (χ3v) is 6.10. The van der Waals surface area contributed by atoms with Gasteiger partial charge in [-0.3, -0.25) is 9.59 Å². The molecule has 2 aromatic heterocycles. The molecule has 2 heterocycles. The molecule has 0 saturated heterocycles. The zero-order valence-electron chi connectivity index (χ0n) is 15.4. The van der Waals surface area contributed by atoms with Crippen LogP contribution in [0.2, 0.25) is 4.34 Å². The smallest absolute Gasteiger partial charge is 0.242 e. The standard InChI is InChI=1S/C22H19ClN2O2S/c1-2-24(13-15-11-12-20(23)28-15)21(26)14-25-18-9-5-3-7-16(18)22(27)17-8-4-6-10-19(17)25/h3-12H,2,13-14H2,1H3. The first-order valence-corrected chi connectivity index (χ1v) is 10.3. The minimum Gasteiger partial charge on any atom is -0.336 e. The van der Waals surface area contributed by atoms with Gasteiger partial charge in [0.1, 0.15) is 6.54 Å². The average Bonchev–Trinajstić information content (AvgIpc) is 3.14. The Morgan fingerprint density at radius 2 is 1.61 bits per heavy atom. The lowest BCUT2D eigenvalue weighted by Gasteiger charge is -2.22. The Hall–Kier alpha value is -2.63. The van der Waals surface area contributed by atoms with Gasteiger partial charge in [-0.15, -0.1) is 11.3 Å². The number of nitrogens with zero attached hydrogens (tertiary/aromatic N) is 2. The summed E-state index contributed by atoms with van der Waals surface area (Å²) in [7, 11) is 0. The van der Waals surface area contributed by atoms with Crippen LogP contribution in [-0.4, -0.2) is 21.9 Å². The van der Waals surface area contributed by atoms with Crippen molar-refractivity contribution in [2.24, 2.45) is 0 Å². The molecule has 2 aromatic carbocycles. The molecule has 28 heavy (non-hydrogen) atoms. The first-order chi connectivity index (χ1) is 13.6. The molecule has 0 bridgehead atoms. The van der Waals surface area contributed by atoms with Crippen molar-refractivity contribution in [1.29, 1.82) is 0 Å². The fourth-order valence-corrected chi connectivity index (χ4v) is 4.59. The molecule has 0 saturated carbocycles. The van der Waals surface area contributed by atoms with E-state index < -0.39 is 0 Å². The summed E-state index contributed by atoms with van der Waals surface area (Å²) in [5.41, 5.74) is 1.54. The largest absolute Gasteiger partial charge is 0.336 e. The molecule has 0 atom stereocenters. The normalized spacial score (nSPS) is 11.2. The van der Waals surface area contributed by atoms with Crippen LogP contribution in [0, 0.1) is 0 Å². The van der Waals surface area contributed by atoms with Crippen LogP contribution < -0.4 is 5.43 Å². The number of aromatic nitrogens is 1. The number of benzene rings is 2. The van der Waals surface area contributed by atoms with Gasteiger partial charge in [0, 0.05) is 22.2 Å². The lowest BCUT2D eigenvalue weighted by molar-refractivity contribution is -0.132. The number of hydrogen-bond acceptors (Lipinski definition) is 3. The SMILES string of the molecule is CCN(Cc1ccc(Cl)s1)C(=O)Cn1c2ccccc2c(=O)c2ccccc21. The number of rotatable bonds is 5. The Morgan fingerprint density at radius 3 is 2.14 bits per heavy atom. The van der Waals surface area contributed by atoms with Crippen LogP contribution in [-0.2, 0) is 17.9 Å². The maximum absolute atomic E-state index is 13.1. The van der Waals surface area contributed by atoms with E-state index in [1.54, 1.807) is 0 Å². The zero-order chi connectivity index (χ0) is 19.7. The number of halogens is 1. The molecule has 4 aromatic rings. The molecule has 0 aliphatic heterocycles. The number of thiophene rings is 1.